The Labute approximate surface area is 181 Å². The maximum absolute atomic E-state index is 5.12. The van der Waals surface area contributed by atoms with E-state index in [0.717, 1.165) is 32.1 Å². The van der Waals surface area contributed by atoms with Gasteiger partial charge in [-0.3, -0.25) is 4.99 Å². The predicted molar refractivity (Wildman–Crippen MR) is 123 cm³/mol. The molecule has 1 N–H and O–H groups in total. The molecule has 1 aliphatic heterocycles. The molecule has 1 aromatic rings. The van der Waals surface area contributed by atoms with Crippen LogP contribution in [0, 0.1) is 5.92 Å². The summed E-state index contributed by atoms with van der Waals surface area (Å²) in [6.45, 7) is 8.39. The second kappa shape index (κ2) is 10.1. The fourth-order valence-electron chi connectivity index (χ4n) is 4.52. The molecular weight excluding hydrogens is 451 g/mol. The van der Waals surface area contributed by atoms with E-state index in [4.69, 9.17) is 4.99 Å². The molecule has 2 aliphatic rings. The lowest BCUT2D eigenvalue weighted by molar-refractivity contribution is 0.164. The summed E-state index contributed by atoms with van der Waals surface area (Å²) < 4.78 is 2.26. The second-order valence-electron chi connectivity index (χ2n) is 8.29. The van der Waals surface area contributed by atoms with E-state index >= 15 is 0 Å². The zero-order chi connectivity index (χ0) is 18.6. The highest BCUT2D eigenvalue weighted by Gasteiger charge is 2.36. The third-order valence-corrected chi connectivity index (χ3v) is 6.47. The van der Waals surface area contributed by atoms with Crippen molar-refractivity contribution in [2.24, 2.45) is 10.9 Å². The Morgan fingerprint density at radius 2 is 2.07 bits per heavy atom. The Morgan fingerprint density at radius 3 is 2.67 bits per heavy atom. The van der Waals surface area contributed by atoms with Gasteiger partial charge < -0.3 is 19.7 Å². The molecule has 2 heterocycles. The number of hydrogen-bond acceptors (Lipinski definition) is 3. The molecule has 3 rings (SSSR count). The highest BCUT2D eigenvalue weighted by Crippen LogP contribution is 2.34. The number of guanidine groups is 1. The first-order chi connectivity index (χ1) is 12.6. The summed E-state index contributed by atoms with van der Waals surface area (Å²) in [5.74, 6) is 1.74. The number of aliphatic imine (C=N–C) groups is 1. The Balaban J connectivity index is 0.00000261. The molecule has 2 fully saturated rings. The summed E-state index contributed by atoms with van der Waals surface area (Å²) in [6, 6.07) is 0.462. The number of halogens is 1. The van der Waals surface area contributed by atoms with E-state index in [1.807, 2.05) is 12.5 Å². The van der Waals surface area contributed by atoms with Gasteiger partial charge in [-0.1, -0.05) is 19.8 Å². The van der Waals surface area contributed by atoms with Crippen molar-refractivity contribution in [3.05, 3.63) is 18.7 Å². The first-order valence-corrected chi connectivity index (χ1v) is 10.2. The van der Waals surface area contributed by atoms with E-state index in [2.05, 4.69) is 58.8 Å². The molecule has 1 saturated heterocycles. The molecule has 7 heteroatoms. The van der Waals surface area contributed by atoms with Crippen LogP contribution in [0.3, 0.4) is 0 Å². The lowest BCUT2D eigenvalue weighted by atomic mass is 9.93. The molecule has 0 amide bonds. The molecule has 1 aromatic heterocycles. The standard InChI is InChI=1S/C20H36N6.HI/c1-5-22-19(23-15-20(24(3)4)9-6-7-10-20)25-12-8-17(2)18(14-25)26-13-11-21-16-26;/h11,13,16-18H,5-10,12,14-15H2,1-4H3,(H,22,23);1H. The zero-order valence-electron chi connectivity index (χ0n) is 17.4. The molecule has 0 aromatic carbocycles. The minimum atomic E-state index is 0. The van der Waals surface area contributed by atoms with Crippen LogP contribution in [0.4, 0.5) is 0 Å². The van der Waals surface area contributed by atoms with Gasteiger partial charge in [-0.05, 0) is 46.2 Å². The highest BCUT2D eigenvalue weighted by molar-refractivity contribution is 14.0. The van der Waals surface area contributed by atoms with Crippen molar-refractivity contribution in [2.45, 2.75) is 57.5 Å². The summed E-state index contributed by atoms with van der Waals surface area (Å²) in [4.78, 5) is 14.2. The van der Waals surface area contributed by atoms with Gasteiger partial charge >= 0.3 is 0 Å². The summed E-state index contributed by atoms with van der Waals surface area (Å²) in [5.41, 5.74) is 0.244. The SMILES string of the molecule is CCNC(=NCC1(N(C)C)CCCC1)N1CCC(C)C(n2ccnc2)C1.I. The number of hydrogen-bond donors (Lipinski definition) is 1. The van der Waals surface area contributed by atoms with E-state index in [1.54, 1.807) is 0 Å². The largest absolute Gasteiger partial charge is 0.357 e. The number of rotatable bonds is 5. The van der Waals surface area contributed by atoms with Crippen LogP contribution in [0.2, 0.25) is 0 Å². The fraction of sp³-hybridized carbons (Fsp3) is 0.800. The predicted octanol–water partition coefficient (Wildman–Crippen LogP) is 3.22. The number of likely N-dealkylation sites (N-methyl/N-ethyl adjacent to an activating group) is 1. The van der Waals surface area contributed by atoms with Crippen molar-refractivity contribution in [1.82, 2.24) is 24.7 Å². The van der Waals surface area contributed by atoms with E-state index in [0.29, 0.717) is 12.0 Å². The summed E-state index contributed by atoms with van der Waals surface area (Å²) in [6.07, 6.45) is 12.3. The molecule has 0 spiro atoms. The summed E-state index contributed by atoms with van der Waals surface area (Å²) in [5, 5.41) is 3.55. The number of aromatic nitrogens is 2. The normalized spacial score (nSPS) is 25.5. The van der Waals surface area contributed by atoms with Crippen LogP contribution in [0.15, 0.2) is 23.7 Å². The topological polar surface area (TPSA) is 48.7 Å². The lowest BCUT2D eigenvalue weighted by Gasteiger charge is -2.40. The monoisotopic (exact) mass is 488 g/mol. The Morgan fingerprint density at radius 1 is 1.33 bits per heavy atom. The second-order valence-corrected chi connectivity index (χ2v) is 8.29. The lowest BCUT2D eigenvalue weighted by Crippen LogP contribution is -2.50. The number of piperidine rings is 1. The van der Waals surface area contributed by atoms with Crippen molar-refractivity contribution in [3.8, 4) is 0 Å². The van der Waals surface area contributed by atoms with Gasteiger partial charge in [0, 0.05) is 37.6 Å². The third-order valence-electron chi connectivity index (χ3n) is 6.47. The fourth-order valence-corrected chi connectivity index (χ4v) is 4.52. The van der Waals surface area contributed by atoms with Crippen molar-refractivity contribution in [2.75, 3.05) is 40.3 Å². The van der Waals surface area contributed by atoms with E-state index in [-0.39, 0.29) is 29.5 Å². The van der Waals surface area contributed by atoms with Gasteiger partial charge in [0.15, 0.2) is 5.96 Å². The average molecular weight is 488 g/mol. The van der Waals surface area contributed by atoms with Crippen LogP contribution in [0.5, 0.6) is 0 Å². The van der Waals surface area contributed by atoms with Gasteiger partial charge in [0.2, 0.25) is 0 Å². The highest BCUT2D eigenvalue weighted by atomic mass is 127. The van der Waals surface area contributed by atoms with Crippen molar-refractivity contribution >= 4 is 29.9 Å². The maximum Gasteiger partial charge on any atom is 0.194 e. The van der Waals surface area contributed by atoms with E-state index in [9.17, 15) is 0 Å². The van der Waals surface area contributed by atoms with Crippen molar-refractivity contribution in [3.63, 3.8) is 0 Å². The van der Waals surface area contributed by atoms with E-state index in [1.165, 1.54) is 32.1 Å². The number of nitrogens with zero attached hydrogens (tertiary/aromatic N) is 5. The van der Waals surface area contributed by atoms with Crippen LogP contribution in [-0.4, -0.2) is 71.1 Å². The van der Waals surface area contributed by atoms with E-state index < -0.39 is 0 Å². The van der Waals surface area contributed by atoms with Crippen LogP contribution >= 0.6 is 24.0 Å². The summed E-state index contributed by atoms with van der Waals surface area (Å²) in [7, 11) is 4.43. The molecule has 154 valence electrons. The molecule has 0 radical (unpaired) electrons. The smallest absolute Gasteiger partial charge is 0.194 e. The summed E-state index contributed by atoms with van der Waals surface area (Å²) >= 11 is 0. The number of imidazole rings is 1. The van der Waals surface area contributed by atoms with Gasteiger partial charge in [0.25, 0.3) is 0 Å². The molecule has 0 bridgehead atoms. The first-order valence-electron chi connectivity index (χ1n) is 10.2. The van der Waals surface area contributed by atoms with Crippen LogP contribution in [0.25, 0.3) is 0 Å². The minimum Gasteiger partial charge on any atom is -0.357 e. The van der Waals surface area contributed by atoms with Gasteiger partial charge in [0.05, 0.1) is 18.9 Å². The minimum absolute atomic E-state index is 0. The van der Waals surface area contributed by atoms with Gasteiger partial charge in [-0.2, -0.15) is 0 Å². The van der Waals surface area contributed by atoms with Gasteiger partial charge in [-0.15, -0.1) is 24.0 Å². The maximum atomic E-state index is 5.12. The van der Waals surface area contributed by atoms with Crippen molar-refractivity contribution < 1.29 is 0 Å². The molecule has 2 unspecified atom stereocenters. The first kappa shape index (κ1) is 22.5. The molecule has 6 nitrogen and oxygen atoms in total. The third kappa shape index (κ3) is 5.16. The number of nitrogens with one attached hydrogen (secondary N) is 1. The molecule has 27 heavy (non-hydrogen) atoms. The molecule has 1 aliphatic carbocycles. The molecule has 2 atom stereocenters. The Hall–Kier alpha value is -0.830. The molecule has 1 saturated carbocycles. The zero-order valence-corrected chi connectivity index (χ0v) is 19.7. The average Bonchev–Trinajstić information content (AvgIpc) is 3.31. The van der Waals surface area contributed by atoms with Gasteiger partial charge in [-0.25, -0.2) is 4.98 Å². The number of likely N-dealkylation sites (tertiary alicyclic amines) is 1. The van der Waals surface area contributed by atoms with Crippen LogP contribution in [0.1, 0.15) is 52.0 Å². The van der Waals surface area contributed by atoms with Crippen molar-refractivity contribution in [1.29, 1.82) is 0 Å². The van der Waals surface area contributed by atoms with Crippen LogP contribution < -0.4 is 5.32 Å². The Bertz CT molecular complexity index is 579. The van der Waals surface area contributed by atoms with Gasteiger partial charge in [0.1, 0.15) is 0 Å². The Kier molecular flexibility index (Phi) is 8.39. The quantitative estimate of drug-likeness (QED) is 0.393. The van der Waals surface area contributed by atoms with Crippen LogP contribution in [-0.2, 0) is 0 Å². The molecular formula is C20H37IN6.